The fraction of sp³-hybridized carbons (Fsp3) is 0.351. The number of nitrogens with two attached hydrogens (primary N) is 1. The zero-order valence-corrected chi connectivity index (χ0v) is 27.9. The minimum absolute atomic E-state index is 0.0126. The van der Waals surface area contributed by atoms with Crippen molar-refractivity contribution in [2.75, 3.05) is 25.1 Å². The summed E-state index contributed by atoms with van der Waals surface area (Å²) in [6.07, 6.45) is 10.5. The molecule has 2 fully saturated rings. The molecule has 1 aromatic heterocycles. The quantitative estimate of drug-likeness (QED) is 0.191. The third kappa shape index (κ3) is 6.61. The minimum atomic E-state index is -3.32. The van der Waals surface area contributed by atoms with Crippen LogP contribution in [0.3, 0.4) is 0 Å². The van der Waals surface area contributed by atoms with Crippen LogP contribution in [0.25, 0.3) is 11.8 Å². The van der Waals surface area contributed by atoms with Gasteiger partial charge in [-0.25, -0.2) is 17.5 Å². The summed E-state index contributed by atoms with van der Waals surface area (Å²) in [6.45, 7) is 3.81. The molecule has 250 valence electrons. The summed E-state index contributed by atoms with van der Waals surface area (Å²) in [6, 6.07) is 15.9. The summed E-state index contributed by atoms with van der Waals surface area (Å²) in [7, 11) is -3.32. The average molecular weight is 671 g/mol. The largest absolute Gasteiger partial charge is 0.490 e. The van der Waals surface area contributed by atoms with Gasteiger partial charge in [0.2, 0.25) is 0 Å². The lowest BCUT2D eigenvalue weighted by atomic mass is 9.90. The number of piperidine rings is 1. The monoisotopic (exact) mass is 670 g/mol. The van der Waals surface area contributed by atoms with Crippen LogP contribution < -0.4 is 15.2 Å². The zero-order chi connectivity index (χ0) is 33.6. The lowest BCUT2D eigenvalue weighted by molar-refractivity contribution is 0.0490. The Bertz CT molecular complexity index is 2030. The normalized spacial score (nSPS) is 17.1. The maximum absolute atomic E-state index is 14.1. The third-order valence-corrected chi connectivity index (χ3v) is 10.4. The Kier molecular flexibility index (Phi) is 8.59. The Morgan fingerprint density at radius 3 is 2.48 bits per heavy atom. The van der Waals surface area contributed by atoms with E-state index in [1.807, 2.05) is 25.1 Å². The molecule has 1 saturated heterocycles. The van der Waals surface area contributed by atoms with E-state index in [1.54, 1.807) is 36.4 Å². The molecule has 7 rings (SSSR count). The molecule has 48 heavy (non-hydrogen) atoms. The van der Waals surface area contributed by atoms with Crippen molar-refractivity contribution in [2.24, 2.45) is 0 Å². The van der Waals surface area contributed by atoms with Crippen LogP contribution >= 0.6 is 0 Å². The van der Waals surface area contributed by atoms with Crippen molar-refractivity contribution in [1.29, 1.82) is 0 Å². The van der Waals surface area contributed by atoms with Crippen LogP contribution in [-0.2, 0) is 22.0 Å². The Balaban J connectivity index is 1.09. The Morgan fingerprint density at radius 1 is 1.02 bits per heavy atom. The van der Waals surface area contributed by atoms with Gasteiger partial charge in [-0.2, -0.15) is 5.10 Å². The number of carbonyl (C=O) groups excluding carboxylic acids is 1. The number of aryl methyl sites for hydroxylation is 1. The summed E-state index contributed by atoms with van der Waals surface area (Å²) in [5.74, 6) is 0.518. The Morgan fingerprint density at radius 2 is 1.79 bits per heavy atom. The van der Waals surface area contributed by atoms with Crippen molar-refractivity contribution in [3.63, 3.8) is 0 Å². The first-order chi connectivity index (χ1) is 23.0. The lowest BCUT2D eigenvalue weighted by Crippen LogP contribution is -2.46. The van der Waals surface area contributed by atoms with Crippen molar-refractivity contribution in [2.45, 2.75) is 63.3 Å². The number of sulfone groups is 1. The van der Waals surface area contributed by atoms with Gasteiger partial charge < -0.3 is 20.1 Å². The first-order valence-electron chi connectivity index (χ1n) is 16.4. The number of halogens is 1. The lowest BCUT2D eigenvalue weighted by Gasteiger charge is -2.41. The van der Waals surface area contributed by atoms with E-state index in [0.29, 0.717) is 40.8 Å². The van der Waals surface area contributed by atoms with E-state index in [-0.39, 0.29) is 34.8 Å². The van der Waals surface area contributed by atoms with Crippen LogP contribution in [0.4, 0.5) is 10.2 Å². The van der Waals surface area contributed by atoms with Gasteiger partial charge in [-0.05, 0) is 91.8 Å². The van der Waals surface area contributed by atoms with E-state index in [1.165, 1.54) is 42.5 Å². The number of allylic oxidation sites excluding steroid dienone is 1. The smallest absolute Gasteiger partial charge is 0.194 e. The second kappa shape index (κ2) is 12.9. The fourth-order valence-electron chi connectivity index (χ4n) is 6.80. The number of nitrogen functional groups attached to an aromatic ring is 1. The molecular weight excluding hydrogens is 631 g/mol. The van der Waals surface area contributed by atoms with Crippen LogP contribution in [0.2, 0.25) is 0 Å². The van der Waals surface area contributed by atoms with Crippen LogP contribution in [0.15, 0.2) is 66.4 Å². The number of ketones is 1. The van der Waals surface area contributed by atoms with Gasteiger partial charge in [-0.1, -0.05) is 24.6 Å². The molecule has 0 spiro atoms. The number of anilines is 1. The molecule has 2 aliphatic carbocycles. The van der Waals surface area contributed by atoms with Gasteiger partial charge in [0.1, 0.15) is 23.4 Å². The van der Waals surface area contributed by atoms with Crippen molar-refractivity contribution >= 4 is 27.5 Å². The predicted molar refractivity (Wildman–Crippen MR) is 183 cm³/mol. The number of likely N-dealkylation sites (tertiary alicyclic amines) is 1. The van der Waals surface area contributed by atoms with Gasteiger partial charge in [0, 0.05) is 42.9 Å². The van der Waals surface area contributed by atoms with Crippen LogP contribution in [-0.4, -0.2) is 60.4 Å². The third-order valence-electron chi connectivity index (χ3n) is 9.61. The number of carbonyl (C=O) groups is 1. The van der Waals surface area contributed by atoms with Gasteiger partial charge in [-0.3, -0.25) is 4.79 Å². The molecule has 2 heterocycles. The molecular formula is C37H39FN4O5S. The molecule has 3 aliphatic rings. The topological polar surface area (TPSA) is 117 Å². The summed E-state index contributed by atoms with van der Waals surface area (Å²) in [5, 5.41) is 4.41. The first-order valence-corrected chi connectivity index (χ1v) is 18.4. The molecule has 11 heteroatoms. The number of Topliss-reactive ketones (excluding diaryl/α,β-unsaturated/α-hetero) is 1. The highest BCUT2D eigenvalue weighted by Crippen LogP contribution is 2.37. The first kappa shape index (κ1) is 32.1. The highest BCUT2D eigenvalue weighted by Gasteiger charge is 2.31. The highest BCUT2D eigenvalue weighted by atomic mass is 32.2. The van der Waals surface area contributed by atoms with E-state index in [9.17, 15) is 17.6 Å². The van der Waals surface area contributed by atoms with E-state index in [2.05, 4.69) is 10.00 Å². The summed E-state index contributed by atoms with van der Waals surface area (Å²) >= 11 is 0. The SMILES string of the molecule is Cc1cc(-n2ncc(C(=O)C3=Cc4cc(OC5CCN(C6CCC6)CC5)c(CS(C)(=O)=O)cc4C3)c2N)ccc1Oc1ccccc1F. The van der Waals surface area contributed by atoms with E-state index in [0.717, 1.165) is 42.6 Å². The molecule has 4 aromatic rings. The number of ether oxygens (including phenoxy) is 2. The number of aromatic nitrogens is 2. The molecule has 9 nitrogen and oxygen atoms in total. The number of hydrogen-bond donors (Lipinski definition) is 1. The number of fused-ring (bicyclic) bond motifs is 1. The number of para-hydroxylation sites is 1. The molecule has 0 radical (unpaired) electrons. The van der Waals surface area contributed by atoms with Crippen molar-refractivity contribution in [3.8, 4) is 22.9 Å². The van der Waals surface area contributed by atoms with Gasteiger partial charge in [0.15, 0.2) is 27.2 Å². The summed E-state index contributed by atoms with van der Waals surface area (Å²) < 4.78 is 52.6. The number of nitrogens with zero attached hydrogens (tertiary/aromatic N) is 3. The molecule has 3 aromatic carbocycles. The standard InChI is InChI=1S/C37H39FN4O5S/c1-23-16-29(10-11-33(23)47-34-9-4-3-8-32(34)38)42-37(39)31(21-40-42)36(43)26-17-24-19-27(22-48(2,44)45)35(20-25(24)18-26)46-30-12-14-41(15-13-30)28-6-5-7-28/h3-4,8-11,16,18-21,28,30H,5-7,12-15,17,22,39H2,1-2H3. The Hall–Kier alpha value is -4.48. The van der Waals surface area contributed by atoms with Gasteiger partial charge in [0.05, 0.1) is 23.2 Å². The number of rotatable bonds is 10. The molecule has 0 atom stereocenters. The molecule has 1 saturated carbocycles. The summed E-state index contributed by atoms with van der Waals surface area (Å²) in [5.41, 5.74) is 11.0. The van der Waals surface area contributed by atoms with Gasteiger partial charge in [-0.15, -0.1) is 0 Å². The zero-order valence-electron chi connectivity index (χ0n) is 27.1. The van der Waals surface area contributed by atoms with Gasteiger partial charge >= 0.3 is 0 Å². The van der Waals surface area contributed by atoms with Crippen molar-refractivity contribution in [3.05, 3.63) is 100 Å². The fourth-order valence-corrected chi connectivity index (χ4v) is 7.59. The number of hydrogen-bond acceptors (Lipinski definition) is 8. The maximum Gasteiger partial charge on any atom is 0.194 e. The van der Waals surface area contributed by atoms with E-state index < -0.39 is 15.7 Å². The van der Waals surface area contributed by atoms with Crippen LogP contribution in [0, 0.1) is 12.7 Å². The second-order valence-corrected chi connectivity index (χ2v) is 15.3. The minimum Gasteiger partial charge on any atom is -0.490 e. The molecule has 2 N–H and O–H groups in total. The van der Waals surface area contributed by atoms with E-state index >= 15 is 0 Å². The molecule has 0 amide bonds. The predicted octanol–water partition coefficient (Wildman–Crippen LogP) is 6.46. The molecule has 0 unspecified atom stereocenters. The van der Waals surface area contributed by atoms with Gasteiger partial charge in [0.25, 0.3) is 0 Å². The molecule has 0 bridgehead atoms. The molecule has 1 aliphatic heterocycles. The van der Waals surface area contributed by atoms with Crippen molar-refractivity contribution < 1.29 is 27.1 Å². The number of benzene rings is 3. The Labute approximate surface area is 280 Å². The van der Waals surface area contributed by atoms with E-state index in [4.69, 9.17) is 15.2 Å². The maximum atomic E-state index is 14.1. The average Bonchev–Trinajstić information content (AvgIpc) is 3.61. The summed E-state index contributed by atoms with van der Waals surface area (Å²) in [4.78, 5) is 16.3. The van der Waals surface area contributed by atoms with Crippen LogP contribution in [0.5, 0.6) is 17.2 Å². The highest BCUT2D eigenvalue weighted by molar-refractivity contribution is 7.89. The van der Waals surface area contributed by atoms with Crippen LogP contribution in [0.1, 0.15) is 64.7 Å². The van der Waals surface area contributed by atoms with Crippen molar-refractivity contribution in [1.82, 2.24) is 14.7 Å². The second-order valence-electron chi connectivity index (χ2n) is 13.2.